The first kappa shape index (κ1) is 12.9. The fourth-order valence-corrected chi connectivity index (χ4v) is 2.67. The molecule has 0 aromatic carbocycles. The molecule has 0 atom stereocenters. The molecular weight excluding hydrogens is 190 g/mol. The third-order valence-corrected chi connectivity index (χ3v) is 3.59. The van der Waals surface area contributed by atoms with Crippen molar-refractivity contribution in [2.45, 2.75) is 38.5 Å². The van der Waals surface area contributed by atoms with Gasteiger partial charge in [0.1, 0.15) is 0 Å². The fourth-order valence-electron chi connectivity index (χ4n) is 2.67. The highest BCUT2D eigenvalue weighted by Gasteiger charge is 2.31. The monoisotopic (exact) mass is 215 g/mol. The smallest absolute Gasteiger partial charge is 0.0558 e. The largest absolute Gasteiger partial charge is 0.396 e. The van der Waals surface area contributed by atoms with E-state index in [-0.39, 0.29) is 12.0 Å². The van der Waals surface area contributed by atoms with Gasteiger partial charge in [-0.3, -0.25) is 0 Å². The Hall–Kier alpha value is -0.120. The molecule has 0 heterocycles. The third kappa shape index (κ3) is 4.09. The molecule has 0 radical (unpaired) electrons. The fraction of sp³-hybridized carbons (Fsp3) is 1.00. The van der Waals surface area contributed by atoms with Crippen molar-refractivity contribution in [1.29, 1.82) is 0 Å². The first-order chi connectivity index (χ1) is 7.22. The Morgan fingerprint density at radius 3 is 2.13 bits per heavy atom. The van der Waals surface area contributed by atoms with Crippen LogP contribution in [0.3, 0.4) is 0 Å². The molecule has 1 rings (SSSR count). The third-order valence-electron chi connectivity index (χ3n) is 3.59. The van der Waals surface area contributed by atoms with Gasteiger partial charge in [-0.2, -0.15) is 0 Å². The average Bonchev–Trinajstić information content (AvgIpc) is 2.44. The van der Waals surface area contributed by atoms with E-state index in [4.69, 9.17) is 5.11 Å². The van der Waals surface area contributed by atoms with Crippen LogP contribution in [0.1, 0.15) is 38.5 Å². The molecule has 0 unspecified atom stereocenters. The van der Waals surface area contributed by atoms with E-state index < -0.39 is 0 Å². The van der Waals surface area contributed by atoms with E-state index in [1.165, 1.54) is 25.7 Å². The number of hydrogen-bond donors (Lipinski definition) is 2. The van der Waals surface area contributed by atoms with Crippen LogP contribution in [-0.2, 0) is 0 Å². The van der Waals surface area contributed by atoms with Crippen molar-refractivity contribution in [3.05, 3.63) is 0 Å². The summed E-state index contributed by atoms with van der Waals surface area (Å²) in [7, 11) is 2.03. The molecule has 90 valence electrons. The molecule has 1 fully saturated rings. The van der Waals surface area contributed by atoms with Crippen LogP contribution in [0.25, 0.3) is 0 Å². The number of aliphatic hydroxyl groups is 2. The normalized spacial score (nSPS) is 21.6. The first-order valence-electron chi connectivity index (χ1n) is 6.13. The van der Waals surface area contributed by atoms with Crippen LogP contribution >= 0.6 is 0 Å². The Bertz CT molecular complexity index is 165. The lowest BCUT2D eigenvalue weighted by Crippen LogP contribution is -2.39. The minimum atomic E-state index is 0.0976. The van der Waals surface area contributed by atoms with Gasteiger partial charge < -0.3 is 15.1 Å². The standard InChI is InChI=1S/C12H25NO2/c1-13(8-9-14)10-12(11-15)6-4-2-3-5-7-12/h14-15H,2-11H2,1H3. The van der Waals surface area contributed by atoms with Gasteiger partial charge in [-0.15, -0.1) is 0 Å². The van der Waals surface area contributed by atoms with Crippen molar-refractivity contribution in [3.8, 4) is 0 Å². The van der Waals surface area contributed by atoms with Crippen molar-refractivity contribution in [2.75, 3.05) is 33.4 Å². The maximum atomic E-state index is 9.59. The average molecular weight is 215 g/mol. The molecule has 1 aliphatic rings. The summed E-state index contributed by atoms with van der Waals surface area (Å²) >= 11 is 0. The molecule has 0 aliphatic heterocycles. The number of rotatable bonds is 5. The van der Waals surface area contributed by atoms with E-state index in [1.54, 1.807) is 0 Å². The first-order valence-corrected chi connectivity index (χ1v) is 6.13. The lowest BCUT2D eigenvalue weighted by atomic mass is 9.80. The molecule has 2 N–H and O–H groups in total. The summed E-state index contributed by atoms with van der Waals surface area (Å²) in [6, 6.07) is 0. The second-order valence-corrected chi connectivity index (χ2v) is 5.03. The van der Waals surface area contributed by atoms with Crippen LogP contribution in [0.5, 0.6) is 0 Å². The minimum Gasteiger partial charge on any atom is -0.396 e. The van der Waals surface area contributed by atoms with Crippen LogP contribution in [0.4, 0.5) is 0 Å². The number of hydrogen-bond acceptors (Lipinski definition) is 3. The zero-order valence-electron chi connectivity index (χ0n) is 9.91. The molecule has 15 heavy (non-hydrogen) atoms. The van der Waals surface area contributed by atoms with E-state index in [0.29, 0.717) is 13.2 Å². The molecular formula is C12H25NO2. The summed E-state index contributed by atoms with van der Waals surface area (Å²) in [6.07, 6.45) is 7.39. The van der Waals surface area contributed by atoms with Crippen LogP contribution in [0.2, 0.25) is 0 Å². The number of likely N-dealkylation sites (N-methyl/N-ethyl adjacent to an activating group) is 1. The Kier molecular flexibility index (Phi) is 5.58. The van der Waals surface area contributed by atoms with Gasteiger partial charge in [0.05, 0.1) is 6.61 Å². The summed E-state index contributed by atoms with van der Waals surface area (Å²) < 4.78 is 0. The van der Waals surface area contributed by atoms with E-state index in [1.807, 2.05) is 7.05 Å². The molecule has 0 spiro atoms. The molecule has 0 aromatic rings. The van der Waals surface area contributed by atoms with E-state index in [9.17, 15) is 5.11 Å². The predicted molar refractivity (Wildman–Crippen MR) is 61.8 cm³/mol. The van der Waals surface area contributed by atoms with Crippen molar-refractivity contribution in [1.82, 2.24) is 4.90 Å². The highest BCUT2D eigenvalue weighted by Crippen LogP contribution is 2.35. The molecule has 0 amide bonds. The van der Waals surface area contributed by atoms with Crippen molar-refractivity contribution in [3.63, 3.8) is 0 Å². The molecule has 1 aliphatic carbocycles. The van der Waals surface area contributed by atoms with Gasteiger partial charge in [-0.05, 0) is 19.9 Å². The highest BCUT2D eigenvalue weighted by atomic mass is 16.3. The summed E-state index contributed by atoms with van der Waals surface area (Å²) in [5.74, 6) is 0. The zero-order valence-corrected chi connectivity index (χ0v) is 9.91. The van der Waals surface area contributed by atoms with Crippen molar-refractivity contribution >= 4 is 0 Å². The van der Waals surface area contributed by atoms with Gasteiger partial charge in [0.2, 0.25) is 0 Å². The molecule has 1 saturated carbocycles. The van der Waals surface area contributed by atoms with Crippen LogP contribution in [0.15, 0.2) is 0 Å². The Labute approximate surface area is 93.1 Å². The molecule has 0 bridgehead atoms. The Morgan fingerprint density at radius 1 is 1.07 bits per heavy atom. The predicted octanol–water partition coefficient (Wildman–Crippen LogP) is 1.24. The molecule has 0 saturated heterocycles. The van der Waals surface area contributed by atoms with Crippen molar-refractivity contribution in [2.24, 2.45) is 5.41 Å². The molecule has 0 aromatic heterocycles. The quantitative estimate of drug-likeness (QED) is 0.678. The van der Waals surface area contributed by atoms with Crippen LogP contribution in [-0.4, -0.2) is 48.5 Å². The maximum Gasteiger partial charge on any atom is 0.0558 e. The molecule has 3 nitrogen and oxygen atoms in total. The van der Waals surface area contributed by atoms with Gasteiger partial charge in [0.15, 0.2) is 0 Å². The summed E-state index contributed by atoms with van der Waals surface area (Å²) in [5.41, 5.74) is 0.0976. The maximum absolute atomic E-state index is 9.59. The lowest BCUT2D eigenvalue weighted by Gasteiger charge is -2.34. The topological polar surface area (TPSA) is 43.7 Å². The van der Waals surface area contributed by atoms with Crippen LogP contribution in [0, 0.1) is 5.41 Å². The van der Waals surface area contributed by atoms with Gasteiger partial charge in [-0.1, -0.05) is 25.7 Å². The highest BCUT2D eigenvalue weighted by molar-refractivity contribution is 4.83. The van der Waals surface area contributed by atoms with Gasteiger partial charge >= 0.3 is 0 Å². The van der Waals surface area contributed by atoms with E-state index >= 15 is 0 Å². The molecule has 3 heteroatoms. The van der Waals surface area contributed by atoms with Gasteiger partial charge in [0, 0.05) is 25.1 Å². The second-order valence-electron chi connectivity index (χ2n) is 5.03. The van der Waals surface area contributed by atoms with Crippen LogP contribution < -0.4 is 0 Å². The van der Waals surface area contributed by atoms with E-state index in [2.05, 4.69) is 4.90 Å². The van der Waals surface area contributed by atoms with Crippen molar-refractivity contribution < 1.29 is 10.2 Å². The Morgan fingerprint density at radius 2 is 1.67 bits per heavy atom. The second kappa shape index (κ2) is 6.46. The lowest BCUT2D eigenvalue weighted by molar-refractivity contribution is 0.0627. The number of aliphatic hydroxyl groups excluding tert-OH is 2. The summed E-state index contributed by atoms with van der Waals surface area (Å²) in [6.45, 7) is 2.13. The minimum absolute atomic E-state index is 0.0976. The number of nitrogens with zero attached hydrogens (tertiary/aromatic N) is 1. The Balaban J connectivity index is 2.49. The van der Waals surface area contributed by atoms with E-state index in [0.717, 1.165) is 19.4 Å². The van der Waals surface area contributed by atoms with Gasteiger partial charge in [0.25, 0.3) is 0 Å². The van der Waals surface area contributed by atoms with Gasteiger partial charge in [-0.25, -0.2) is 0 Å². The summed E-state index contributed by atoms with van der Waals surface area (Å²) in [5, 5.41) is 18.5. The summed E-state index contributed by atoms with van der Waals surface area (Å²) in [4.78, 5) is 2.14. The SMILES string of the molecule is CN(CCO)CC1(CO)CCCCCC1. The zero-order chi connectivity index (χ0) is 11.1.